The zero-order chi connectivity index (χ0) is 22.3. The van der Waals surface area contributed by atoms with E-state index in [-0.39, 0.29) is 18.1 Å². The summed E-state index contributed by atoms with van der Waals surface area (Å²) in [6.07, 6.45) is 0. The van der Waals surface area contributed by atoms with Gasteiger partial charge in [-0.05, 0) is 45.0 Å². The van der Waals surface area contributed by atoms with E-state index in [9.17, 15) is 19.2 Å². The molecular formula is C23H22N4O4. The zero-order valence-corrected chi connectivity index (χ0v) is 17.5. The average Bonchev–Trinajstić information content (AvgIpc) is 3.01. The molecule has 3 aromatic rings. The molecule has 0 spiro atoms. The summed E-state index contributed by atoms with van der Waals surface area (Å²) in [5.41, 5.74) is 0.837. The molecular weight excluding hydrogens is 396 g/mol. The molecule has 4 rings (SSSR count). The second-order valence-electron chi connectivity index (χ2n) is 7.79. The molecule has 1 N–H and O–H groups in total. The van der Waals surface area contributed by atoms with Crippen molar-refractivity contribution in [1.82, 2.24) is 19.8 Å². The van der Waals surface area contributed by atoms with Crippen molar-refractivity contribution in [2.45, 2.75) is 39.4 Å². The molecule has 0 saturated carbocycles. The highest BCUT2D eigenvalue weighted by Crippen LogP contribution is 2.25. The maximum absolute atomic E-state index is 13.3. The lowest BCUT2D eigenvalue weighted by Crippen LogP contribution is -2.51. The zero-order valence-electron chi connectivity index (χ0n) is 17.5. The predicted octanol–water partition coefficient (Wildman–Crippen LogP) is 2.34. The molecule has 8 heteroatoms. The SMILES string of the molecule is CC(C)N(Cc1nc2ccccc2c(=O)[nH]1)C(=O)C(C)N1C(=O)c2ccccc2C1=O. The van der Waals surface area contributed by atoms with Crippen LogP contribution >= 0.6 is 0 Å². The van der Waals surface area contributed by atoms with Gasteiger partial charge in [0.2, 0.25) is 5.91 Å². The Bertz CT molecular complexity index is 1230. The first-order valence-corrected chi connectivity index (χ1v) is 10.0. The second kappa shape index (κ2) is 7.79. The molecule has 31 heavy (non-hydrogen) atoms. The predicted molar refractivity (Wildman–Crippen MR) is 114 cm³/mol. The minimum Gasteiger partial charge on any atom is -0.331 e. The van der Waals surface area contributed by atoms with Crippen molar-refractivity contribution in [3.8, 4) is 0 Å². The van der Waals surface area contributed by atoms with Crippen LogP contribution in [-0.2, 0) is 11.3 Å². The van der Waals surface area contributed by atoms with Gasteiger partial charge in [0.25, 0.3) is 17.4 Å². The summed E-state index contributed by atoms with van der Waals surface area (Å²) in [5, 5.41) is 0.466. The van der Waals surface area contributed by atoms with Crippen LogP contribution in [0, 0.1) is 0 Å². The summed E-state index contributed by atoms with van der Waals surface area (Å²) in [4.78, 5) is 60.9. The standard InChI is InChI=1S/C23H22N4O4/c1-13(2)26(12-19-24-18-11-7-6-10-17(18)20(28)25-19)21(29)14(3)27-22(30)15-8-4-5-9-16(15)23(27)31/h4-11,13-14H,12H2,1-3H3,(H,24,25,28). The molecule has 1 atom stereocenters. The van der Waals surface area contributed by atoms with Crippen molar-refractivity contribution in [2.24, 2.45) is 0 Å². The highest BCUT2D eigenvalue weighted by molar-refractivity contribution is 6.22. The Morgan fingerprint density at radius 2 is 1.55 bits per heavy atom. The number of imide groups is 1. The van der Waals surface area contributed by atoms with Crippen LogP contribution in [-0.4, -0.2) is 49.6 Å². The number of H-pyrrole nitrogens is 1. The van der Waals surface area contributed by atoms with E-state index in [0.717, 1.165) is 4.90 Å². The fourth-order valence-electron chi connectivity index (χ4n) is 3.80. The fourth-order valence-corrected chi connectivity index (χ4v) is 3.80. The maximum atomic E-state index is 13.3. The Hall–Kier alpha value is -3.81. The number of aromatic nitrogens is 2. The Balaban J connectivity index is 1.62. The van der Waals surface area contributed by atoms with Crippen LogP contribution in [0.1, 0.15) is 47.3 Å². The summed E-state index contributed by atoms with van der Waals surface area (Å²) in [7, 11) is 0. The third-order valence-electron chi connectivity index (χ3n) is 5.46. The lowest BCUT2D eigenvalue weighted by molar-refractivity contribution is -0.137. The van der Waals surface area contributed by atoms with Crippen LogP contribution < -0.4 is 5.56 Å². The smallest absolute Gasteiger partial charge is 0.262 e. The van der Waals surface area contributed by atoms with Gasteiger partial charge in [-0.15, -0.1) is 0 Å². The molecule has 8 nitrogen and oxygen atoms in total. The number of para-hydroxylation sites is 1. The minimum atomic E-state index is -0.998. The molecule has 2 aromatic carbocycles. The number of rotatable bonds is 5. The van der Waals surface area contributed by atoms with E-state index in [1.807, 2.05) is 13.8 Å². The lowest BCUT2D eigenvalue weighted by Gasteiger charge is -2.31. The van der Waals surface area contributed by atoms with Gasteiger partial charge in [0.1, 0.15) is 11.9 Å². The van der Waals surface area contributed by atoms with E-state index < -0.39 is 23.8 Å². The molecule has 0 aliphatic carbocycles. The third-order valence-corrected chi connectivity index (χ3v) is 5.46. The molecule has 158 valence electrons. The largest absolute Gasteiger partial charge is 0.331 e. The molecule has 1 aliphatic rings. The van der Waals surface area contributed by atoms with Crippen LogP contribution in [0.3, 0.4) is 0 Å². The number of nitrogens with zero attached hydrogens (tertiary/aromatic N) is 3. The number of hydrogen-bond donors (Lipinski definition) is 1. The van der Waals surface area contributed by atoms with Crippen molar-refractivity contribution in [3.63, 3.8) is 0 Å². The van der Waals surface area contributed by atoms with Crippen LogP contribution in [0.15, 0.2) is 53.3 Å². The van der Waals surface area contributed by atoms with Crippen molar-refractivity contribution in [1.29, 1.82) is 0 Å². The molecule has 1 unspecified atom stereocenters. The molecule has 2 heterocycles. The van der Waals surface area contributed by atoms with Crippen LogP contribution in [0.4, 0.5) is 0 Å². The monoisotopic (exact) mass is 418 g/mol. The Morgan fingerprint density at radius 3 is 2.16 bits per heavy atom. The molecule has 0 bridgehead atoms. The highest BCUT2D eigenvalue weighted by atomic mass is 16.2. The van der Waals surface area contributed by atoms with E-state index in [0.29, 0.717) is 27.9 Å². The number of nitrogens with one attached hydrogen (secondary N) is 1. The van der Waals surface area contributed by atoms with Gasteiger partial charge in [0, 0.05) is 6.04 Å². The molecule has 1 aromatic heterocycles. The van der Waals surface area contributed by atoms with Crippen LogP contribution in [0.5, 0.6) is 0 Å². The van der Waals surface area contributed by atoms with E-state index in [1.165, 1.54) is 11.8 Å². The summed E-state index contributed by atoms with van der Waals surface area (Å²) in [6, 6.07) is 12.2. The van der Waals surface area contributed by atoms with Gasteiger partial charge in [-0.25, -0.2) is 4.98 Å². The molecule has 0 radical (unpaired) electrons. The van der Waals surface area contributed by atoms with Gasteiger partial charge in [-0.3, -0.25) is 24.1 Å². The van der Waals surface area contributed by atoms with Crippen molar-refractivity contribution >= 4 is 28.6 Å². The first kappa shape index (κ1) is 20.5. The second-order valence-corrected chi connectivity index (χ2v) is 7.79. The molecule has 1 aliphatic heterocycles. The third kappa shape index (κ3) is 3.50. The Labute approximate surface area is 178 Å². The number of hydrogen-bond acceptors (Lipinski definition) is 5. The lowest BCUT2D eigenvalue weighted by atomic mass is 10.1. The van der Waals surface area contributed by atoms with E-state index >= 15 is 0 Å². The van der Waals surface area contributed by atoms with Crippen LogP contribution in [0.25, 0.3) is 10.9 Å². The number of aromatic amines is 1. The average molecular weight is 418 g/mol. The van der Waals surface area contributed by atoms with Gasteiger partial charge in [0.15, 0.2) is 0 Å². The Kier molecular flexibility index (Phi) is 5.14. The molecule has 3 amide bonds. The first-order chi connectivity index (χ1) is 14.8. The number of carbonyl (C=O) groups excluding carboxylic acids is 3. The van der Waals surface area contributed by atoms with Gasteiger partial charge in [-0.2, -0.15) is 0 Å². The van der Waals surface area contributed by atoms with Gasteiger partial charge in [0.05, 0.1) is 28.6 Å². The van der Waals surface area contributed by atoms with Gasteiger partial charge >= 0.3 is 0 Å². The summed E-state index contributed by atoms with van der Waals surface area (Å²) < 4.78 is 0. The van der Waals surface area contributed by atoms with Crippen molar-refractivity contribution in [3.05, 3.63) is 75.8 Å². The minimum absolute atomic E-state index is 0.0457. The van der Waals surface area contributed by atoms with Gasteiger partial charge in [-0.1, -0.05) is 24.3 Å². The summed E-state index contributed by atoms with van der Waals surface area (Å²) in [6.45, 7) is 5.23. The topological polar surface area (TPSA) is 103 Å². The van der Waals surface area contributed by atoms with E-state index in [1.54, 1.807) is 48.5 Å². The summed E-state index contributed by atoms with van der Waals surface area (Å²) >= 11 is 0. The summed E-state index contributed by atoms with van der Waals surface area (Å²) in [5.74, 6) is -1.04. The van der Waals surface area contributed by atoms with Crippen molar-refractivity contribution in [2.75, 3.05) is 0 Å². The van der Waals surface area contributed by atoms with E-state index in [2.05, 4.69) is 9.97 Å². The molecule has 0 fully saturated rings. The quantitative estimate of drug-likeness (QED) is 0.641. The van der Waals surface area contributed by atoms with E-state index in [4.69, 9.17) is 0 Å². The normalized spacial score (nSPS) is 14.3. The Morgan fingerprint density at radius 1 is 0.968 bits per heavy atom. The van der Waals surface area contributed by atoms with Crippen LogP contribution in [0.2, 0.25) is 0 Å². The number of benzene rings is 2. The highest BCUT2D eigenvalue weighted by Gasteiger charge is 2.42. The van der Waals surface area contributed by atoms with Crippen molar-refractivity contribution < 1.29 is 14.4 Å². The fraction of sp³-hybridized carbons (Fsp3) is 0.261. The first-order valence-electron chi connectivity index (χ1n) is 10.0. The molecule has 0 saturated heterocycles. The number of fused-ring (bicyclic) bond motifs is 2. The number of amides is 3. The van der Waals surface area contributed by atoms with Gasteiger partial charge < -0.3 is 9.88 Å². The maximum Gasteiger partial charge on any atom is 0.262 e. The number of carbonyl (C=O) groups is 3.